The molecule has 4 aromatic rings. The van der Waals surface area contributed by atoms with Gasteiger partial charge in [0.2, 0.25) is 11.8 Å². The predicted octanol–water partition coefficient (Wildman–Crippen LogP) is 4.04. The first kappa shape index (κ1) is 23.4. The molecule has 180 valence electrons. The molecule has 1 aromatic carbocycles. The fourth-order valence-electron chi connectivity index (χ4n) is 4.18. The van der Waals surface area contributed by atoms with Gasteiger partial charge in [-0.05, 0) is 48.7 Å². The molecule has 0 saturated carbocycles. The Morgan fingerprint density at radius 2 is 2.11 bits per heavy atom. The number of aromatic nitrogens is 2. The van der Waals surface area contributed by atoms with Gasteiger partial charge in [-0.15, -0.1) is 11.3 Å². The molecule has 0 radical (unpaired) electrons. The zero-order valence-corrected chi connectivity index (χ0v) is 21.0. The topological polar surface area (TPSA) is 97.4 Å². The molecule has 4 heterocycles. The standard InChI is InChI=1S/C25H24N4O4S2/c1-15-5-3-6-17(11-15)26-21(31)14-34-25-27-23-22(24(32)29(25)12-18-7-4-10-33-18)19-8-9-28(16(2)30)13-20(19)35-23/h3-7,10-11H,8-9,12-14H2,1-2H3,(H,26,31). The second kappa shape index (κ2) is 9.71. The summed E-state index contributed by atoms with van der Waals surface area (Å²) in [4.78, 5) is 46.4. The third kappa shape index (κ3) is 4.89. The van der Waals surface area contributed by atoms with Crippen molar-refractivity contribution < 1.29 is 14.0 Å². The van der Waals surface area contributed by atoms with Crippen LogP contribution in [0.2, 0.25) is 0 Å². The molecule has 0 aliphatic carbocycles. The van der Waals surface area contributed by atoms with Crippen LogP contribution < -0.4 is 10.9 Å². The minimum Gasteiger partial charge on any atom is -0.467 e. The Hall–Kier alpha value is -3.37. The van der Waals surface area contributed by atoms with E-state index in [9.17, 15) is 14.4 Å². The number of fused-ring (bicyclic) bond motifs is 3. The van der Waals surface area contributed by atoms with E-state index < -0.39 is 0 Å². The summed E-state index contributed by atoms with van der Waals surface area (Å²) in [7, 11) is 0. The maximum absolute atomic E-state index is 13.7. The van der Waals surface area contributed by atoms with Gasteiger partial charge in [0.05, 0.1) is 30.5 Å². The van der Waals surface area contributed by atoms with Crippen molar-refractivity contribution in [3.05, 3.63) is 74.8 Å². The third-order valence-electron chi connectivity index (χ3n) is 5.90. The lowest BCUT2D eigenvalue weighted by Crippen LogP contribution is -2.34. The van der Waals surface area contributed by atoms with E-state index in [2.05, 4.69) is 5.32 Å². The van der Waals surface area contributed by atoms with Gasteiger partial charge < -0.3 is 14.6 Å². The fraction of sp³-hybridized carbons (Fsp3) is 0.280. The molecule has 0 spiro atoms. The number of anilines is 1. The molecule has 0 saturated heterocycles. The van der Waals surface area contributed by atoms with Crippen molar-refractivity contribution in [1.82, 2.24) is 14.5 Å². The first-order chi connectivity index (χ1) is 16.9. The molecule has 1 N–H and O–H groups in total. The van der Waals surface area contributed by atoms with Gasteiger partial charge in [-0.1, -0.05) is 23.9 Å². The monoisotopic (exact) mass is 508 g/mol. The lowest BCUT2D eigenvalue weighted by Gasteiger charge is -2.25. The smallest absolute Gasteiger partial charge is 0.263 e. The van der Waals surface area contributed by atoms with Crippen LogP contribution in [-0.2, 0) is 29.1 Å². The fourth-order valence-corrected chi connectivity index (χ4v) is 6.26. The average molecular weight is 509 g/mol. The maximum Gasteiger partial charge on any atom is 0.263 e. The van der Waals surface area contributed by atoms with Crippen LogP contribution in [0.3, 0.4) is 0 Å². The van der Waals surface area contributed by atoms with Crippen molar-refractivity contribution in [2.75, 3.05) is 17.6 Å². The molecule has 0 unspecified atom stereocenters. The lowest BCUT2D eigenvalue weighted by molar-refractivity contribution is -0.129. The summed E-state index contributed by atoms with van der Waals surface area (Å²) in [5.41, 5.74) is 2.61. The number of furan rings is 1. The number of amides is 2. The van der Waals surface area contributed by atoms with Gasteiger partial charge in [0.15, 0.2) is 5.16 Å². The van der Waals surface area contributed by atoms with Gasteiger partial charge in [0.1, 0.15) is 10.6 Å². The Kier molecular flexibility index (Phi) is 6.48. The van der Waals surface area contributed by atoms with E-state index in [1.54, 1.807) is 28.7 Å². The number of nitrogens with zero attached hydrogens (tertiary/aromatic N) is 3. The Balaban J connectivity index is 1.47. The van der Waals surface area contributed by atoms with Crippen LogP contribution >= 0.6 is 23.1 Å². The number of aryl methyl sites for hydroxylation is 1. The first-order valence-corrected chi connectivity index (χ1v) is 13.0. The van der Waals surface area contributed by atoms with Crippen LogP contribution in [0.4, 0.5) is 5.69 Å². The first-order valence-electron chi connectivity index (χ1n) is 11.2. The van der Waals surface area contributed by atoms with E-state index in [1.807, 2.05) is 37.3 Å². The zero-order chi connectivity index (χ0) is 24.5. The van der Waals surface area contributed by atoms with Crippen molar-refractivity contribution in [2.45, 2.75) is 38.5 Å². The van der Waals surface area contributed by atoms with Crippen LogP contribution in [0.1, 0.15) is 28.7 Å². The van der Waals surface area contributed by atoms with Crippen molar-refractivity contribution >= 4 is 50.8 Å². The molecule has 0 bridgehead atoms. The van der Waals surface area contributed by atoms with Gasteiger partial charge in [-0.3, -0.25) is 19.0 Å². The summed E-state index contributed by atoms with van der Waals surface area (Å²) in [6.45, 7) is 4.82. The molecule has 5 rings (SSSR count). The van der Waals surface area contributed by atoms with E-state index in [1.165, 1.54) is 23.1 Å². The molecule has 8 nitrogen and oxygen atoms in total. The highest BCUT2D eigenvalue weighted by Crippen LogP contribution is 2.34. The van der Waals surface area contributed by atoms with E-state index >= 15 is 0 Å². The number of rotatable bonds is 6. The summed E-state index contributed by atoms with van der Waals surface area (Å²) in [5, 5.41) is 3.96. The summed E-state index contributed by atoms with van der Waals surface area (Å²) in [5.74, 6) is 0.577. The Bertz CT molecular complexity index is 1470. The minimum atomic E-state index is -0.179. The minimum absolute atomic E-state index is 0.0205. The van der Waals surface area contributed by atoms with E-state index in [-0.39, 0.29) is 29.7 Å². The van der Waals surface area contributed by atoms with Gasteiger partial charge in [0.25, 0.3) is 5.56 Å². The van der Waals surface area contributed by atoms with Gasteiger partial charge >= 0.3 is 0 Å². The molecular weight excluding hydrogens is 484 g/mol. The number of benzene rings is 1. The Labute approximate surface area is 210 Å². The number of thioether (sulfide) groups is 1. The van der Waals surface area contributed by atoms with Gasteiger partial charge in [0, 0.05) is 24.0 Å². The predicted molar refractivity (Wildman–Crippen MR) is 137 cm³/mol. The zero-order valence-electron chi connectivity index (χ0n) is 19.4. The normalized spacial score (nSPS) is 13.1. The largest absolute Gasteiger partial charge is 0.467 e. The lowest BCUT2D eigenvalue weighted by atomic mass is 10.1. The number of hydrogen-bond donors (Lipinski definition) is 1. The SMILES string of the molecule is CC(=O)N1CCc2c(sc3nc(SCC(=O)Nc4cccc(C)c4)n(Cc4ccco4)c(=O)c23)C1. The molecule has 35 heavy (non-hydrogen) atoms. The summed E-state index contributed by atoms with van der Waals surface area (Å²) in [6, 6.07) is 11.2. The summed E-state index contributed by atoms with van der Waals surface area (Å²) in [6.07, 6.45) is 2.19. The third-order valence-corrected chi connectivity index (χ3v) is 7.99. The quantitative estimate of drug-likeness (QED) is 0.312. The molecule has 0 fully saturated rings. The second-order valence-corrected chi connectivity index (χ2v) is 10.5. The number of carbonyl (C=O) groups excluding carboxylic acids is 2. The molecule has 0 atom stereocenters. The highest BCUT2D eigenvalue weighted by Gasteiger charge is 2.26. The Morgan fingerprint density at radius 3 is 2.86 bits per heavy atom. The van der Waals surface area contributed by atoms with Crippen molar-refractivity contribution in [3.8, 4) is 0 Å². The van der Waals surface area contributed by atoms with Crippen LogP contribution in [0.15, 0.2) is 57.0 Å². The molecular formula is C25H24N4O4S2. The van der Waals surface area contributed by atoms with Crippen molar-refractivity contribution in [2.24, 2.45) is 0 Å². The van der Waals surface area contributed by atoms with Crippen LogP contribution in [0.5, 0.6) is 0 Å². The Morgan fingerprint density at radius 1 is 1.26 bits per heavy atom. The average Bonchev–Trinajstić information content (AvgIpc) is 3.46. The van der Waals surface area contributed by atoms with Crippen LogP contribution in [0, 0.1) is 6.92 Å². The van der Waals surface area contributed by atoms with Crippen LogP contribution in [0.25, 0.3) is 10.2 Å². The number of thiophene rings is 1. The molecule has 10 heteroatoms. The highest BCUT2D eigenvalue weighted by molar-refractivity contribution is 7.99. The van der Waals surface area contributed by atoms with E-state index in [4.69, 9.17) is 9.40 Å². The summed E-state index contributed by atoms with van der Waals surface area (Å²) < 4.78 is 7.07. The number of carbonyl (C=O) groups is 2. The number of nitrogens with one attached hydrogen (secondary N) is 1. The number of hydrogen-bond acceptors (Lipinski definition) is 7. The van der Waals surface area contributed by atoms with Gasteiger partial charge in [-0.25, -0.2) is 4.98 Å². The van der Waals surface area contributed by atoms with E-state index in [0.717, 1.165) is 21.7 Å². The summed E-state index contributed by atoms with van der Waals surface area (Å²) >= 11 is 2.67. The van der Waals surface area contributed by atoms with Crippen molar-refractivity contribution in [3.63, 3.8) is 0 Å². The second-order valence-electron chi connectivity index (χ2n) is 8.45. The van der Waals surface area contributed by atoms with Crippen molar-refractivity contribution in [1.29, 1.82) is 0 Å². The van der Waals surface area contributed by atoms with Gasteiger partial charge in [-0.2, -0.15) is 0 Å². The maximum atomic E-state index is 13.7. The molecule has 1 aliphatic heterocycles. The highest BCUT2D eigenvalue weighted by atomic mass is 32.2. The van der Waals surface area contributed by atoms with E-state index in [0.29, 0.717) is 40.6 Å². The molecule has 2 amide bonds. The molecule has 1 aliphatic rings. The molecule has 3 aromatic heterocycles. The van der Waals surface area contributed by atoms with Crippen LogP contribution in [-0.4, -0.2) is 38.6 Å².